The van der Waals surface area contributed by atoms with E-state index in [0.717, 1.165) is 6.42 Å². The van der Waals surface area contributed by atoms with Crippen molar-refractivity contribution in [3.8, 4) is 0 Å². The average Bonchev–Trinajstić information content (AvgIpc) is 2.66. The van der Waals surface area contributed by atoms with Gasteiger partial charge in [0.2, 0.25) is 0 Å². The molecule has 0 radical (unpaired) electrons. The second kappa shape index (κ2) is 3.71. The summed E-state index contributed by atoms with van der Waals surface area (Å²) in [5, 5.41) is 1.25. The largest absolute Gasteiger partial charge is 0.334 e. The van der Waals surface area contributed by atoms with Gasteiger partial charge in [-0.3, -0.25) is 4.79 Å². The zero-order valence-corrected chi connectivity index (χ0v) is 11.2. The third kappa shape index (κ3) is 1.59. The fraction of sp³-hybridized carbons (Fsp3) is 0.438. The smallest absolute Gasteiger partial charge is 0.156 e. The van der Waals surface area contributed by atoms with Gasteiger partial charge in [0.15, 0.2) is 5.78 Å². The first-order valence-electron chi connectivity index (χ1n) is 6.60. The van der Waals surface area contributed by atoms with Crippen molar-refractivity contribution < 1.29 is 4.79 Å². The van der Waals surface area contributed by atoms with Gasteiger partial charge in [0, 0.05) is 17.6 Å². The van der Waals surface area contributed by atoms with Crippen LogP contribution in [0.5, 0.6) is 0 Å². The molecule has 1 aliphatic rings. The predicted molar refractivity (Wildman–Crippen MR) is 73.8 cm³/mol. The standard InChI is InChI=1S/C16H19NO/c1-16(2,3)15-14(18)9-8-12-10-11-6-4-5-7-13(11)17(12)15/h4-7,10,15H,8-9H2,1-3H3. The number of Topliss-reactive ketones (excluding diaryl/α,β-unsaturated/α-hetero) is 1. The Kier molecular flexibility index (Phi) is 2.37. The Morgan fingerprint density at radius 2 is 1.89 bits per heavy atom. The Balaban J connectivity index is 2.30. The van der Waals surface area contributed by atoms with Crippen LogP contribution >= 0.6 is 0 Å². The van der Waals surface area contributed by atoms with E-state index in [1.165, 1.54) is 16.6 Å². The molecular formula is C16H19NO. The van der Waals surface area contributed by atoms with E-state index in [2.05, 4.69) is 55.7 Å². The Hall–Kier alpha value is -1.57. The number of nitrogens with zero attached hydrogens (tertiary/aromatic N) is 1. The number of carbonyl (C=O) groups excluding carboxylic acids is 1. The van der Waals surface area contributed by atoms with Crippen LogP contribution in [0.25, 0.3) is 10.9 Å². The van der Waals surface area contributed by atoms with Gasteiger partial charge in [-0.15, -0.1) is 0 Å². The number of aryl methyl sites for hydroxylation is 1. The van der Waals surface area contributed by atoms with Crippen LogP contribution in [0.15, 0.2) is 30.3 Å². The van der Waals surface area contributed by atoms with Crippen molar-refractivity contribution in [1.29, 1.82) is 0 Å². The van der Waals surface area contributed by atoms with Gasteiger partial charge >= 0.3 is 0 Å². The molecule has 2 aromatic rings. The highest BCUT2D eigenvalue weighted by atomic mass is 16.1. The van der Waals surface area contributed by atoms with Crippen molar-refractivity contribution in [1.82, 2.24) is 4.57 Å². The molecule has 0 saturated carbocycles. The Labute approximate surface area is 108 Å². The fourth-order valence-corrected chi connectivity index (χ4v) is 3.13. The van der Waals surface area contributed by atoms with Crippen LogP contribution in [0, 0.1) is 5.41 Å². The second-order valence-corrected chi connectivity index (χ2v) is 6.30. The van der Waals surface area contributed by atoms with Crippen molar-refractivity contribution in [2.75, 3.05) is 0 Å². The molecule has 94 valence electrons. The zero-order chi connectivity index (χ0) is 12.9. The average molecular weight is 241 g/mol. The molecule has 2 nitrogen and oxygen atoms in total. The molecule has 3 rings (SSSR count). The monoisotopic (exact) mass is 241 g/mol. The van der Waals surface area contributed by atoms with Crippen LogP contribution in [0.3, 0.4) is 0 Å². The molecule has 0 aliphatic carbocycles. The zero-order valence-electron chi connectivity index (χ0n) is 11.2. The summed E-state index contributed by atoms with van der Waals surface area (Å²) in [6.45, 7) is 6.46. The first-order chi connectivity index (χ1) is 8.48. The molecule has 0 amide bonds. The van der Waals surface area contributed by atoms with Gasteiger partial charge in [-0.2, -0.15) is 0 Å². The lowest BCUT2D eigenvalue weighted by Crippen LogP contribution is -2.35. The minimum atomic E-state index is -0.0337. The Bertz CT molecular complexity index is 616. The highest BCUT2D eigenvalue weighted by Crippen LogP contribution is 2.39. The maximum atomic E-state index is 12.3. The van der Waals surface area contributed by atoms with Crippen LogP contribution in [-0.2, 0) is 11.2 Å². The molecule has 18 heavy (non-hydrogen) atoms. The molecule has 0 saturated heterocycles. The number of aromatic nitrogens is 1. The minimum absolute atomic E-state index is 0.0267. The van der Waals surface area contributed by atoms with Crippen LogP contribution in [0.4, 0.5) is 0 Å². The third-order valence-corrected chi connectivity index (χ3v) is 3.84. The van der Waals surface area contributed by atoms with Gasteiger partial charge in [-0.25, -0.2) is 0 Å². The predicted octanol–water partition coefficient (Wildman–Crippen LogP) is 3.74. The second-order valence-electron chi connectivity index (χ2n) is 6.30. The molecule has 2 heteroatoms. The molecule has 0 spiro atoms. The van der Waals surface area contributed by atoms with E-state index in [9.17, 15) is 4.79 Å². The summed E-state index contributed by atoms with van der Waals surface area (Å²) in [6.07, 6.45) is 1.55. The molecule has 1 unspecified atom stereocenters. The number of rotatable bonds is 0. The quantitative estimate of drug-likeness (QED) is 0.688. The molecule has 1 aromatic heterocycles. The molecule has 2 heterocycles. The molecule has 1 aliphatic heterocycles. The lowest BCUT2D eigenvalue weighted by Gasteiger charge is -2.35. The summed E-state index contributed by atoms with van der Waals surface area (Å²) in [6, 6.07) is 10.6. The highest BCUT2D eigenvalue weighted by Gasteiger charge is 2.37. The van der Waals surface area contributed by atoms with E-state index in [1.807, 2.05) is 0 Å². The lowest BCUT2D eigenvalue weighted by atomic mass is 9.80. The number of benzene rings is 1. The highest BCUT2D eigenvalue weighted by molar-refractivity contribution is 5.90. The van der Waals surface area contributed by atoms with E-state index < -0.39 is 0 Å². The summed E-state index contributed by atoms with van der Waals surface area (Å²) in [5.41, 5.74) is 2.46. The first kappa shape index (κ1) is 11.5. The molecule has 0 N–H and O–H groups in total. The van der Waals surface area contributed by atoms with Crippen LogP contribution in [-0.4, -0.2) is 10.4 Å². The van der Waals surface area contributed by atoms with Crippen molar-refractivity contribution in [2.24, 2.45) is 5.41 Å². The summed E-state index contributed by atoms with van der Waals surface area (Å²) >= 11 is 0. The number of carbonyl (C=O) groups is 1. The summed E-state index contributed by atoms with van der Waals surface area (Å²) in [7, 11) is 0. The van der Waals surface area contributed by atoms with Gasteiger partial charge in [0.25, 0.3) is 0 Å². The van der Waals surface area contributed by atoms with Crippen molar-refractivity contribution in [3.63, 3.8) is 0 Å². The molecule has 0 bridgehead atoms. The van der Waals surface area contributed by atoms with E-state index in [0.29, 0.717) is 12.2 Å². The number of hydrogen-bond donors (Lipinski definition) is 0. The first-order valence-corrected chi connectivity index (χ1v) is 6.60. The molecule has 1 atom stereocenters. The van der Waals surface area contributed by atoms with E-state index in [1.54, 1.807) is 0 Å². The summed E-state index contributed by atoms with van der Waals surface area (Å²) in [5.74, 6) is 0.372. The maximum absolute atomic E-state index is 12.3. The summed E-state index contributed by atoms with van der Waals surface area (Å²) in [4.78, 5) is 12.3. The Morgan fingerprint density at radius 1 is 1.17 bits per heavy atom. The van der Waals surface area contributed by atoms with Gasteiger partial charge in [0.1, 0.15) is 0 Å². The third-order valence-electron chi connectivity index (χ3n) is 3.84. The molecular weight excluding hydrogens is 222 g/mol. The maximum Gasteiger partial charge on any atom is 0.156 e. The van der Waals surface area contributed by atoms with Crippen LogP contribution in [0.1, 0.15) is 38.9 Å². The number of ketones is 1. The van der Waals surface area contributed by atoms with Gasteiger partial charge in [-0.1, -0.05) is 39.0 Å². The van der Waals surface area contributed by atoms with E-state index in [4.69, 9.17) is 0 Å². The Morgan fingerprint density at radius 3 is 2.61 bits per heavy atom. The number of fused-ring (bicyclic) bond motifs is 3. The fourth-order valence-electron chi connectivity index (χ4n) is 3.13. The minimum Gasteiger partial charge on any atom is -0.334 e. The number of para-hydroxylation sites is 1. The number of hydrogen-bond acceptors (Lipinski definition) is 1. The van der Waals surface area contributed by atoms with Crippen LogP contribution < -0.4 is 0 Å². The van der Waals surface area contributed by atoms with Crippen LogP contribution in [0.2, 0.25) is 0 Å². The van der Waals surface area contributed by atoms with Crippen molar-refractivity contribution in [3.05, 3.63) is 36.0 Å². The SMILES string of the molecule is CC(C)(C)C1C(=O)CCc2cc3ccccc3n21. The molecule has 1 aromatic carbocycles. The molecule has 0 fully saturated rings. The van der Waals surface area contributed by atoms with E-state index >= 15 is 0 Å². The van der Waals surface area contributed by atoms with Gasteiger partial charge in [0.05, 0.1) is 6.04 Å². The summed E-state index contributed by atoms with van der Waals surface area (Å²) < 4.78 is 2.27. The van der Waals surface area contributed by atoms with Crippen molar-refractivity contribution in [2.45, 2.75) is 39.7 Å². The topological polar surface area (TPSA) is 22.0 Å². The lowest BCUT2D eigenvalue weighted by molar-refractivity contribution is -0.126. The van der Waals surface area contributed by atoms with E-state index in [-0.39, 0.29) is 11.5 Å². The van der Waals surface area contributed by atoms with Gasteiger partial charge < -0.3 is 4.57 Å². The normalized spacial score (nSPS) is 20.2. The van der Waals surface area contributed by atoms with Gasteiger partial charge in [-0.05, 0) is 29.4 Å². The van der Waals surface area contributed by atoms with Crippen molar-refractivity contribution >= 4 is 16.7 Å².